The van der Waals surface area contributed by atoms with Crippen molar-refractivity contribution in [3.8, 4) is 11.8 Å². The third-order valence-electron chi connectivity index (χ3n) is 3.63. The number of aromatic nitrogens is 2. The summed E-state index contributed by atoms with van der Waals surface area (Å²) in [6.45, 7) is 2.74. The van der Waals surface area contributed by atoms with Crippen molar-refractivity contribution in [1.82, 2.24) is 20.6 Å². The molecule has 2 rings (SSSR count). The average Bonchev–Trinajstić information content (AvgIpc) is 2.54. The fourth-order valence-electron chi connectivity index (χ4n) is 2.51. The molecule has 0 aromatic carbocycles. The number of rotatable bonds is 6. The third kappa shape index (κ3) is 4.04. The van der Waals surface area contributed by atoms with Gasteiger partial charge in [-0.2, -0.15) is 0 Å². The minimum Gasteiger partial charge on any atom is -0.480 e. The number of carbonyl (C=O) groups is 1. The van der Waals surface area contributed by atoms with Gasteiger partial charge in [-0.1, -0.05) is 0 Å². The summed E-state index contributed by atoms with van der Waals surface area (Å²) in [5, 5.41) is 6.26. The molecule has 21 heavy (non-hydrogen) atoms. The van der Waals surface area contributed by atoms with Gasteiger partial charge in [0.2, 0.25) is 11.8 Å². The molecule has 1 saturated heterocycles. The fraction of sp³-hybridized carbons (Fsp3) is 0.643. The molecule has 1 fully saturated rings. The molecule has 7 heteroatoms. The molecule has 1 aromatic heterocycles. The summed E-state index contributed by atoms with van der Waals surface area (Å²) >= 11 is 0. The maximum absolute atomic E-state index is 12.3. The predicted octanol–water partition coefficient (Wildman–Crippen LogP) is 0.613. The zero-order valence-corrected chi connectivity index (χ0v) is 12.5. The Balaban J connectivity index is 1.93. The Hall–Kier alpha value is -1.89. The number of ether oxygens (including phenoxy) is 2. The van der Waals surface area contributed by atoms with Crippen molar-refractivity contribution < 1.29 is 14.3 Å². The van der Waals surface area contributed by atoms with Gasteiger partial charge >= 0.3 is 0 Å². The lowest BCUT2D eigenvalue weighted by Crippen LogP contribution is -2.33. The van der Waals surface area contributed by atoms with Crippen LogP contribution in [0.25, 0.3) is 0 Å². The first-order valence-corrected chi connectivity index (χ1v) is 7.18. The molecule has 0 radical (unpaired) electrons. The zero-order chi connectivity index (χ0) is 15.1. The van der Waals surface area contributed by atoms with Crippen LogP contribution in [0.5, 0.6) is 11.8 Å². The van der Waals surface area contributed by atoms with E-state index in [1.807, 2.05) is 0 Å². The first-order valence-electron chi connectivity index (χ1n) is 7.18. The second-order valence-corrected chi connectivity index (χ2v) is 5.02. The normalized spacial score (nSPS) is 18.1. The summed E-state index contributed by atoms with van der Waals surface area (Å²) < 4.78 is 10.2. The van der Waals surface area contributed by atoms with Crippen molar-refractivity contribution in [2.45, 2.75) is 19.3 Å². The average molecular weight is 294 g/mol. The summed E-state index contributed by atoms with van der Waals surface area (Å²) in [7, 11) is 2.93. The van der Waals surface area contributed by atoms with Crippen LogP contribution in [0, 0.1) is 5.92 Å². The summed E-state index contributed by atoms with van der Waals surface area (Å²) in [6, 6.07) is 0. The van der Waals surface area contributed by atoms with Crippen LogP contribution in [0.1, 0.15) is 29.6 Å². The van der Waals surface area contributed by atoms with E-state index in [9.17, 15) is 4.79 Å². The smallest absolute Gasteiger partial charge is 0.262 e. The quantitative estimate of drug-likeness (QED) is 0.800. The fourth-order valence-corrected chi connectivity index (χ4v) is 2.51. The highest BCUT2D eigenvalue weighted by Gasteiger charge is 2.21. The molecule has 7 nitrogen and oxygen atoms in total. The number of piperidine rings is 1. The van der Waals surface area contributed by atoms with Crippen molar-refractivity contribution in [2.75, 3.05) is 33.9 Å². The van der Waals surface area contributed by atoms with Gasteiger partial charge in [-0.05, 0) is 38.3 Å². The molecule has 1 atom stereocenters. The molecule has 1 aromatic rings. The van der Waals surface area contributed by atoms with Crippen LogP contribution in [0.2, 0.25) is 0 Å². The Morgan fingerprint density at radius 2 is 2.10 bits per heavy atom. The van der Waals surface area contributed by atoms with Crippen LogP contribution in [0.15, 0.2) is 6.33 Å². The molecular formula is C14H22N4O3. The summed E-state index contributed by atoms with van der Waals surface area (Å²) in [5.74, 6) is 0.792. The first-order chi connectivity index (χ1) is 10.3. The van der Waals surface area contributed by atoms with Gasteiger partial charge in [0, 0.05) is 6.54 Å². The Kier molecular flexibility index (Phi) is 5.74. The van der Waals surface area contributed by atoms with Crippen LogP contribution in [-0.4, -0.2) is 49.7 Å². The number of methoxy groups -OCH3 is 2. The Bertz CT molecular complexity index is 453. The number of nitrogens with zero attached hydrogens (tertiary/aromatic N) is 2. The number of hydrogen-bond acceptors (Lipinski definition) is 6. The lowest BCUT2D eigenvalue weighted by molar-refractivity contribution is 0.0942. The lowest BCUT2D eigenvalue weighted by Gasteiger charge is -2.22. The van der Waals surface area contributed by atoms with Crippen LogP contribution in [-0.2, 0) is 0 Å². The molecule has 116 valence electrons. The Morgan fingerprint density at radius 1 is 1.38 bits per heavy atom. The van der Waals surface area contributed by atoms with E-state index in [4.69, 9.17) is 9.47 Å². The van der Waals surface area contributed by atoms with E-state index >= 15 is 0 Å². The van der Waals surface area contributed by atoms with Crippen LogP contribution in [0.3, 0.4) is 0 Å². The maximum Gasteiger partial charge on any atom is 0.262 e. The van der Waals surface area contributed by atoms with E-state index in [0.717, 1.165) is 19.5 Å². The van der Waals surface area contributed by atoms with Crippen molar-refractivity contribution in [2.24, 2.45) is 5.92 Å². The van der Waals surface area contributed by atoms with E-state index in [1.54, 1.807) is 0 Å². The van der Waals surface area contributed by atoms with Crippen molar-refractivity contribution in [3.05, 3.63) is 11.9 Å². The Morgan fingerprint density at radius 3 is 2.67 bits per heavy atom. The summed E-state index contributed by atoms with van der Waals surface area (Å²) in [4.78, 5) is 20.2. The molecule has 0 saturated carbocycles. The van der Waals surface area contributed by atoms with Crippen molar-refractivity contribution in [1.29, 1.82) is 0 Å². The summed E-state index contributed by atoms with van der Waals surface area (Å²) in [6.07, 6.45) is 4.68. The predicted molar refractivity (Wildman–Crippen MR) is 77.7 cm³/mol. The highest BCUT2D eigenvalue weighted by Crippen LogP contribution is 2.23. The molecule has 1 aliphatic heterocycles. The molecule has 1 amide bonds. The maximum atomic E-state index is 12.3. The van der Waals surface area contributed by atoms with Gasteiger partial charge in [0.1, 0.15) is 6.33 Å². The SMILES string of the molecule is COc1ncnc(OC)c1C(=O)NCCC1CCCNC1. The van der Waals surface area contributed by atoms with Crippen LogP contribution < -0.4 is 20.1 Å². The molecule has 2 heterocycles. The molecular weight excluding hydrogens is 272 g/mol. The largest absolute Gasteiger partial charge is 0.480 e. The number of carbonyl (C=O) groups excluding carboxylic acids is 1. The van der Waals surface area contributed by atoms with E-state index in [2.05, 4.69) is 20.6 Å². The first kappa shape index (κ1) is 15.5. The van der Waals surface area contributed by atoms with Gasteiger partial charge in [0.15, 0.2) is 5.56 Å². The topological polar surface area (TPSA) is 85.4 Å². The highest BCUT2D eigenvalue weighted by molar-refractivity contribution is 5.98. The lowest BCUT2D eigenvalue weighted by atomic mass is 9.96. The third-order valence-corrected chi connectivity index (χ3v) is 3.63. The number of nitrogens with one attached hydrogen (secondary N) is 2. The van der Waals surface area contributed by atoms with E-state index in [-0.39, 0.29) is 23.2 Å². The number of hydrogen-bond donors (Lipinski definition) is 2. The van der Waals surface area contributed by atoms with E-state index in [0.29, 0.717) is 12.5 Å². The minimum absolute atomic E-state index is 0.221. The van der Waals surface area contributed by atoms with Gasteiger partial charge in [-0.15, -0.1) is 0 Å². The van der Waals surface area contributed by atoms with Crippen LogP contribution in [0.4, 0.5) is 0 Å². The monoisotopic (exact) mass is 294 g/mol. The molecule has 1 aliphatic rings. The molecule has 2 N–H and O–H groups in total. The van der Waals surface area contributed by atoms with Gasteiger partial charge in [-0.25, -0.2) is 9.97 Å². The summed E-state index contributed by atoms with van der Waals surface area (Å²) in [5.41, 5.74) is 0.240. The molecule has 1 unspecified atom stereocenters. The number of amides is 1. The molecule has 0 spiro atoms. The van der Waals surface area contributed by atoms with E-state index in [1.165, 1.54) is 33.4 Å². The van der Waals surface area contributed by atoms with Gasteiger partial charge < -0.3 is 20.1 Å². The zero-order valence-electron chi connectivity index (χ0n) is 12.5. The standard InChI is InChI=1S/C14H22N4O3/c1-20-13-11(14(21-2)18-9-17-13)12(19)16-7-5-10-4-3-6-15-8-10/h9-10,15H,3-8H2,1-2H3,(H,16,19). The second-order valence-electron chi connectivity index (χ2n) is 5.02. The second kappa shape index (κ2) is 7.78. The van der Waals surface area contributed by atoms with Crippen molar-refractivity contribution in [3.63, 3.8) is 0 Å². The Labute approximate surface area is 124 Å². The molecule has 0 bridgehead atoms. The van der Waals surface area contributed by atoms with Gasteiger partial charge in [0.05, 0.1) is 14.2 Å². The van der Waals surface area contributed by atoms with E-state index < -0.39 is 0 Å². The highest BCUT2D eigenvalue weighted by atomic mass is 16.5. The molecule has 0 aliphatic carbocycles. The van der Waals surface area contributed by atoms with Gasteiger partial charge in [-0.3, -0.25) is 4.79 Å². The van der Waals surface area contributed by atoms with Crippen molar-refractivity contribution >= 4 is 5.91 Å². The van der Waals surface area contributed by atoms with Crippen LogP contribution >= 0.6 is 0 Å². The minimum atomic E-state index is -0.270. The van der Waals surface area contributed by atoms with Gasteiger partial charge in [0.25, 0.3) is 5.91 Å².